The van der Waals surface area contributed by atoms with Gasteiger partial charge < -0.3 is 19.6 Å². The van der Waals surface area contributed by atoms with Crippen molar-refractivity contribution in [2.75, 3.05) is 46.4 Å². The Labute approximate surface area is 174 Å². The summed E-state index contributed by atoms with van der Waals surface area (Å²) in [6.45, 7) is 10.8. The molecule has 2 heterocycles. The van der Waals surface area contributed by atoms with Gasteiger partial charge in [0, 0.05) is 38.0 Å². The van der Waals surface area contributed by atoms with Gasteiger partial charge in [-0.25, -0.2) is 0 Å². The Balaban J connectivity index is 1.93. The average Bonchev–Trinajstić information content (AvgIpc) is 2.70. The molecule has 2 aliphatic rings. The molecule has 0 aromatic heterocycles. The zero-order valence-corrected chi connectivity index (χ0v) is 18.5. The van der Waals surface area contributed by atoms with Gasteiger partial charge in [-0.3, -0.25) is 19.3 Å². The van der Waals surface area contributed by atoms with E-state index in [9.17, 15) is 19.5 Å². The smallest absolute Gasteiger partial charge is 0.324 e. The standard InChI is InChI=1S/C21H37N3O5/c1-15(2)18(25)23-10-7-21(8-11-23,20(27)28)22(5)9-6-16(3)19(26)24-12-13-29-17(4)14-24/h15-17H,6-14H2,1-5H3,(H,27,28)/t16?,17-/m0/s1. The molecule has 0 aliphatic carbocycles. The number of piperidine rings is 1. The molecule has 2 fully saturated rings. The van der Waals surface area contributed by atoms with Gasteiger partial charge in [-0.05, 0) is 39.8 Å². The van der Waals surface area contributed by atoms with Gasteiger partial charge in [-0.1, -0.05) is 20.8 Å². The minimum atomic E-state index is -0.982. The number of carbonyl (C=O) groups excluding carboxylic acids is 2. The minimum absolute atomic E-state index is 0.0524. The van der Waals surface area contributed by atoms with Crippen LogP contribution in [-0.4, -0.2) is 95.6 Å². The highest BCUT2D eigenvalue weighted by molar-refractivity contribution is 5.81. The first-order valence-corrected chi connectivity index (χ1v) is 10.7. The van der Waals surface area contributed by atoms with Crippen molar-refractivity contribution in [3.05, 3.63) is 0 Å². The number of amides is 2. The molecule has 2 amide bonds. The van der Waals surface area contributed by atoms with Crippen LogP contribution in [0.1, 0.15) is 47.0 Å². The zero-order chi connectivity index (χ0) is 21.8. The Morgan fingerprint density at radius 2 is 1.72 bits per heavy atom. The number of rotatable bonds is 7. The number of morpholine rings is 1. The van der Waals surface area contributed by atoms with Crippen molar-refractivity contribution in [2.24, 2.45) is 11.8 Å². The lowest BCUT2D eigenvalue weighted by molar-refractivity contribution is -0.157. The maximum atomic E-state index is 12.7. The second-order valence-electron chi connectivity index (χ2n) is 8.89. The van der Waals surface area contributed by atoms with Gasteiger partial charge in [0.25, 0.3) is 0 Å². The molecular weight excluding hydrogens is 374 g/mol. The minimum Gasteiger partial charge on any atom is -0.480 e. The van der Waals surface area contributed by atoms with Crippen LogP contribution in [0.5, 0.6) is 0 Å². The van der Waals surface area contributed by atoms with E-state index in [1.165, 1.54) is 0 Å². The third-order valence-electron chi connectivity index (χ3n) is 6.40. The van der Waals surface area contributed by atoms with Gasteiger partial charge in [0.2, 0.25) is 11.8 Å². The van der Waals surface area contributed by atoms with Crippen molar-refractivity contribution >= 4 is 17.8 Å². The second-order valence-corrected chi connectivity index (χ2v) is 8.89. The summed E-state index contributed by atoms with van der Waals surface area (Å²) in [7, 11) is 1.82. The first-order valence-electron chi connectivity index (χ1n) is 10.7. The molecule has 29 heavy (non-hydrogen) atoms. The van der Waals surface area contributed by atoms with E-state index < -0.39 is 11.5 Å². The van der Waals surface area contributed by atoms with E-state index >= 15 is 0 Å². The number of hydrogen-bond donors (Lipinski definition) is 1. The molecular formula is C21H37N3O5. The molecule has 0 spiro atoms. The second kappa shape index (κ2) is 9.89. The van der Waals surface area contributed by atoms with Crippen LogP contribution in [-0.2, 0) is 19.1 Å². The van der Waals surface area contributed by atoms with Gasteiger partial charge in [0.05, 0.1) is 12.7 Å². The third kappa shape index (κ3) is 5.48. The lowest BCUT2D eigenvalue weighted by atomic mass is 9.85. The van der Waals surface area contributed by atoms with Crippen molar-refractivity contribution < 1.29 is 24.2 Å². The Bertz CT molecular complexity index is 601. The molecule has 8 nitrogen and oxygen atoms in total. The fourth-order valence-electron chi connectivity index (χ4n) is 4.28. The first kappa shape index (κ1) is 23.6. The summed E-state index contributed by atoms with van der Waals surface area (Å²) in [5.41, 5.74) is -0.982. The number of likely N-dealkylation sites (N-methyl/N-ethyl adjacent to an activating group) is 1. The first-order chi connectivity index (χ1) is 13.6. The highest BCUT2D eigenvalue weighted by Gasteiger charge is 2.45. The van der Waals surface area contributed by atoms with Crippen molar-refractivity contribution in [1.29, 1.82) is 0 Å². The van der Waals surface area contributed by atoms with Gasteiger partial charge in [0.15, 0.2) is 0 Å². The summed E-state index contributed by atoms with van der Waals surface area (Å²) in [5.74, 6) is -0.922. The topological polar surface area (TPSA) is 90.4 Å². The summed E-state index contributed by atoms with van der Waals surface area (Å²) in [6, 6.07) is 0. The lowest BCUT2D eigenvalue weighted by Crippen LogP contribution is -2.60. The number of nitrogens with zero attached hydrogens (tertiary/aromatic N) is 3. The molecule has 8 heteroatoms. The van der Waals surface area contributed by atoms with Crippen LogP contribution in [0.15, 0.2) is 0 Å². The monoisotopic (exact) mass is 411 g/mol. The number of likely N-dealkylation sites (tertiary alicyclic amines) is 1. The van der Waals surface area contributed by atoms with E-state index in [0.717, 1.165) is 0 Å². The summed E-state index contributed by atoms with van der Waals surface area (Å²) < 4.78 is 5.50. The quantitative estimate of drug-likeness (QED) is 0.679. The van der Waals surface area contributed by atoms with E-state index in [2.05, 4.69) is 0 Å². The van der Waals surface area contributed by atoms with E-state index in [-0.39, 0.29) is 29.8 Å². The van der Waals surface area contributed by atoms with Crippen LogP contribution in [0.3, 0.4) is 0 Å². The summed E-state index contributed by atoms with van der Waals surface area (Å²) in [5, 5.41) is 9.97. The average molecular weight is 412 g/mol. The summed E-state index contributed by atoms with van der Waals surface area (Å²) >= 11 is 0. The highest BCUT2D eigenvalue weighted by Crippen LogP contribution is 2.30. The normalized spacial score (nSPS) is 23.3. The van der Waals surface area contributed by atoms with Crippen LogP contribution < -0.4 is 0 Å². The third-order valence-corrected chi connectivity index (χ3v) is 6.40. The maximum Gasteiger partial charge on any atom is 0.324 e. The molecule has 1 N–H and O–H groups in total. The van der Waals surface area contributed by atoms with Gasteiger partial charge in [-0.15, -0.1) is 0 Å². The fourth-order valence-corrected chi connectivity index (χ4v) is 4.28. The Kier molecular flexibility index (Phi) is 8.05. The molecule has 1 unspecified atom stereocenters. The van der Waals surface area contributed by atoms with E-state index in [0.29, 0.717) is 58.6 Å². The van der Waals surface area contributed by atoms with Crippen molar-refractivity contribution in [3.8, 4) is 0 Å². The Hall–Kier alpha value is -1.67. The number of ether oxygens (including phenoxy) is 1. The molecule has 166 valence electrons. The fraction of sp³-hybridized carbons (Fsp3) is 0.857. The molecule has 0 radical (unpaired) electrons. The van der Waals surface area contributed by atoms with Crippen molar-refractivity contribution in [2.45, 2.75) is 58.6 Å². The largest absolute Gasteiger partial charge is 0.480 e. The van der Waals surface area contributed by atoms with E-state index in [1.54, 1.807) is 4.90 Å². The number of carboxylic acids is 1. The Morgan fingerprint density at radius 1 is 1.10 bits per heavy atom. The van der Waals surface area contributed by atoms with Crippen LogP contribution in [0.4, 0.5) is 0 Å². The zero-order valence-electron chi connectivity index (χ0n) is 18.5. The molecule has 0 aromatic carbocycles. The van der Waals surface area contributed by atoms with Crippen LogP contribution in [0, 0.1) is 11.8 Å². The Morgan fingerprint density at radius 3 is 2.24 bits per heavy atom. The highest BCUT2D eigenvalue weighted by atomic mass is 16.5. The summed E-state index contributed by atoms with van der Waals surface area (Å²) in [6.07, 6.45) is 1.46. The number of hydrogen-bond acceptors (Lipinski definition) is 5. The molecule has 0 aromatic rings. The van der Waals surface area contributed by atoms with Crippen LogP contribution >= 0.6 is 0 Å². The SMILES string of the molecule is CC(C)C(=O)N1CCC(C(=O)O)(N(C)CCC(C)C(=O)N2CCO[C@@H](C)C2)CC1. The molecule has 0 bridgehead atoms. The molecule has 0 saturated carbocycles. The number of carbonyl (C=O) groups is 3. The number of carboxylic acid groups (broad SMARTS) is 1. The predicted molar refractivity (Wildman–Crippen MR) is 109 cm³/mol. The number of aliphatic carboxylic acids is 1. The van der Waals surface area contributed by atoms with Crippen molar-refractivity contribution in [1.82, 2.24) is 14.7 Å². The van der Waals surface area contributed by atoms with Crippen molar-refractivity contribution in [3.63, 3.8) is 0 Å². The maximum absolute atomic E-state index is 12.7. The van der Waals surface area contributed by atoms with E-state index in [1.807, 2.05) is 44.5 Å². The van der Waals surface area contributed by atoms with Gasteiger partial charge in [-0.2, -0.15) is 0 Å². The van der Waals surface area contributed by atoms with Gasteiger partial charge in [0.1, 0.15) is 5.54 Å². The van der Waals surface area contributed by atoms with E-state index in [4.69, 9.17) is 4.74 Å². The molecule has 2 rings (SSSR count). The molecule has 2 atom stereocenters. The predicted octanol–water partition coefficient (Wildman–Crippen LogP) is 1.29. The van der Waals surface area contributed by atoms with Crippen LogP contribution in [0.2, 0.25) is 0 Å². The van der Waals surface area contributed by atoms with Crippen LogP contribution in [0.25, 0.3) is 0 Å². The summed E-state index contributed by atoms with van der Waals surface area (Å²) in [4.78, 5) is 42.6. The molecule has 2 aliphatic heterocycles. The van der Waals surface area contributed by atoms with Gasteiger partial charge >= 0.3 is 5.97 Å². The lowest BCUT2D eigenvalue weighted by Gasteiger charge is -2.45. The molecule has 2 saturated heterocycles.